The fourth-order valence-corrected chi connectivity index (χ4v) is 4.14. The number of likely N-dealkylation sites (N-methyl/N-ethyl adjacent to an activating group) is 2. The fraction of sp³-hybridized carbons (Fsp3) is 0.900. The summed E-state index contributed by atoms with van der Waals surface area (Å²) < 4.78 is 0. The maximum Gasteiger partial charge on any atom is 0.222 e. The van der Waals surface area contributed by atoms with Gasteiger partial charge in [-0.25, -0.2) is 0 Å². The average Bonchev–Trinajstić information content (AvgIpc) is 2.61. The van der Waals surface area contributed by atoms with Crippen molar-refractivity contribution in [3.63, 3.8) is 0 Å². The van der Waals surface area contributed by atoms with Crippen LogP contribution in [0.1, 0.15) is 77.0 Å². The molecule has 2 rings (SSSR count). The molecule has 0 aromatic rings. The lowest BCUT2D eigenvalue weighted by Crippen LogP contribution is -2.38. The number of amides is 2. The van der Waals surface area contributed by atoms with Crippen LogP contribution < -0.4 is 0 Å². The first-order chi connectivity index (χ1) is 11.6. The maximum absolute atomic E-state index is 12.3. The van der Waals surface area contributed by atoms with E-state index >= 15 is 0 Å². The molecule has 0 radical (unpaired) electrons. The van der Waals surface area contributed by atoms with Gasteiger partial charge in [0.15, 0.2) is 0 Å². The smallest absolute Gasteiger partial charge is 0.222 e. The molecule has 2 amide bonds. The van der Waals surface area contributed by atoms with Crippen LogP contribution in [0.25, 0.3) is 0 Å². The van der Waals surface area contributed by atoms with E-state index in [1.807, 2.05) is 23.9 Å². The van der Waals surface area contributed by atoms with Gasteiger partial charge in [0.05, 0.1) is 0 Å². The molecular formula is C20H36N2O2. The van der Waals surface area contributed by atoms with Crippen molar-refractivity contribution in [2.75, 3.05) is 27.2 Å². The maximum atomic E-state index is 12.3. The second-order valence-corrected chi connectivity index (χ2v) is 8.05. The second kappa shape index (κ2) is 10.0. The van der Waals surface area contributed by atoms with Gasteiger partial charge in [-0.1, -0.05) is 38.5 Å². The minimum atomic E-state index is 0.245. The van der Waals surface area contributed by atoms with E-state index in [1.54, 1.807) is 0 Å². The molecule has 2 fully saturated rings. The van der Waals surface area contributed by atoms with E-state index < -0.39 is 0 Å². The lowest BCUT2D eigenvalue weighted by atomic mass is 9.86. The molecule has 0 saturated heterocycles. The molecule has 2 aliphatic carbocycles. The molecule has 24 heavy (non-hydrogen) atoms. The molecule has 0 aromatic heterocycles. The van der Waals surface area contributed by atoms with Crippen LogP contribution in [0, 0.1) is 11.8 Å². The third kappa shape index (κ3) is 6.45. The first kappa shape index (κ1) is 19.3. The van der Waals surface area contributed by atoms with Crippen LogP contribution in [0.5, 0.6) is 0 Å². The number of carbonyl (C=O) groups is 2. The lowest BCUT2D eigenvalue weighted by Gasteiger charge is -2.27. The van der Waals surface area contributed by atoms with Gasteiger partial charge in [-0.05, 0) is 37.5 Å². The lowest BCUT2D eigenvalue weighted by molar-refractivity contribution is -0.134. The summed E-state index contributed by atoms with van der Waals surface area (Å²) in [5, 5.41) is 0. The van der Waals surface area contributed by atoms with Crippen molar-refractivity contribution in [2.45, 2.75) is 77.0 Å². The van der Waals surface area contributed by atoms with Crippen LogP contribution in [0.2, 0.25) is 0 Å². The molecule has 0 bridgehead atoms. The zero-order valence-corrected chi connectivity index (χ0v) is 15.8. The van der Waals surface area contributed by atoms with Gasteiger partial charge >= 0.3 is 0 Å². The van der Waals surface area contributed by atoms with Crippen molar-refractivity contribution in [2.24, 2.45) is 11.8 Å². The highest BCUT2D eigenvalue weighted by molar-refractivity contribution is 5.77. The summed E-state index contributed by atoms with van der Waals surface area (Å²) in [4.78, 5) is 28.3. The van der Waals surface area contributed by atoms with Crippen LogP contribution in [-0.2, 0) is 9.59 Å². The Morgan fingerprint density at radius 3 is 1.33 bits per heavy atom. The van der Waals surface area contributed by atoms with Crippen molar-refractivity contribution < 1.29 is 9.59 Å². The quantitative estimate of drug-likeness (QED) is 0.708. The fourth-order valence-electron chi connectivity index (χ4n) is 4.14. The van der Waals surface area contributed by atoms with Gasteiger partial charge in [-0.2, -0.15) is 0 Å². The van der Waals surface area contributed by atoms with Gasteiger partial charge in [-0.3, -0.25) is 9.59 Å². The molecule has 2 saturated carbocycles. The predicted octanol–water partition coefficient (Wildman–Crippen LogP) is 3.84. The molecule has 0 aromatic carbocycles. The summed E-state index contributed by atoms with van der Waals surface area (Å²) in [5.41, 5.74) is 0. The Morgan fingerprint density at radius 1 is 0.667 bits per heavy atom. The SMILES string of the molecule is CN(CCN(C)C(=O)CC1CCCCC1)C(=O)CC1CCCCC1. The summed E-state index contributed by atoms with van der Waals surface area (Å²) in [6, 6.07) is 0. The molecule has 4 nitrogen and oxygen atoms in total. The van der Waals surface area contributed by atoms with Crippen molar-refractivity contribution in [1.29, 1.82) is 0 Å². The minimum absolute atomic E-state index is 0.245. The van der Waals surface area contributed by atoms with Gasteiger partial charge in [0.2, 0.25) is 11.8 Å². The highest BCUT2D eigenvalue weighted by atomic mass is 16.2. The van der Waals surface area contributed by atoms with Crippen LogP contribution in [-0.4, -0.2) is 48.8 Å². The van der Waals surface area contributed by atoms with E-state index in [0.717, 1.165) is 0 Å². The van der Waals surface area contributed by atoms with Crippen molar-refractivity contribution in [1.82, 2.24) is 9.80 Å². The summed E-state index contributed by atoms with van der Waals surface area (Å²) in [6.07, 6.45) is 14.0. The molecule has 4 heteroatoms. The zero-order chi connectivity index (χ0) is 17.4. The van der Waals surface area contributed by atoms with Crippen molar-refractivity contribution in [3.8, 4) is 0 Å². The first-order valence-electron chi connectivity index (χ1n) is 10.0. The van der Waals surface area contributed by atoms with Crippen LogP contribution in [0.15, 0.2) is 0 Å². The number of nitrogens with zero attached hydrogens (tertiary/aromatic N) is 2. The Labute approximate surface area is 148 Å². The van der Waals surface area contributed by atoms with E-state index in [4.69, 9.17) is 0 Å². The zero-order valence-electron chi connectivity index (χ0n) is 15.8. The summed E-state index contributed by atoms with van der Waals surface area (Å²) in [7, 11) is 3.76. The topological polar surface area (TPSA) is 40.6 Å². The van der Waals surface area contributed by atoms with E-state index in [1.165, 1.54) is 64.2 Å². The first-order valence-corrected chi connectivity index (χ1v) is 10.0. The van der Waals surface area contributed by atoms with Crippen LogP contribution >= 0.6 is 0 Å². The van der Waals surface area contributed by atoms with Crippen molar-refractivity contribution >= 4 is 11.8 Å². The largest absolute Gasteiger partial charge is 0.344 e. The monoisotopic (exact) mass is 336 g/mol. The average molecular weight is 337 g/mol. The molecule has 0 atom stereocenters. The molecule has 0 aliphatic heterocycles. The standard InChI is InChI=1S/C20H36N2O2/c1-21(19(23)15-17-9-5-3-6-10-17)13-14-22(2)20(24)16-18-11-7-4-8-12-18/h17-18H,3-16H2,1-2H3. The Bertz CT molecular complexity index is 360. The molecule has 0 unspecified atom stereocenters. The Balaban J connectivity index is 1.64. The predicted molar refractivity (Wildman–Crippen MR) is 97.7 cm³/mol. The molecular weight excluding hydrogens is 300 g/mol. The third-order valence-corrected chi connectivity index (χ3v) is 6.00. The van der Waals surface area contributed by atoms with E-state index in [-0.39, 0.29) is 11.8 Å². The van der Waals surface area contributed by atoms with Crippen molar-refractivity contribution in [3.05, 3.63) is 0 Å². The highest BCUT2D eigenvalue weighted by Gasteiger charge is 2.21. The molecule has 0 spiro atoms. The van der Waals surface area contributed by atoms with E-state index in [2.05, 4.69) is 0 Å². The van der Waals surface area contributed by atoms with E-state index in [9.17, 15) is 9.59 Å². The number of hydrogen-bond acceptors (Lipinski definition) is 2. The van der Waals surface area contributed by atoms with Gasteiger partial charge in [-0.15, -0.1) is 0 Å². The van der Waals surface area contributed by atoms with Gasteiger partial charge in [0, 0.05) is 40.0 Å². The molecule has 0 heterocycles. The molecule has 138 valence electrons. The molecule has 2 aliphatic rings. The summed E-state index contributed by atoms with van der Waals surface area (Å²) >= 11 is 0. The minimum Gasteiger partial charge on any atom is -0.344 e. The number of hydrogen-bond donors (Lipinski definition) is 0. The van der Waals surface area contributed by atoms with E-state index in [0.29, 0.717) is 37.8 Å². The Morgan fingerprint density at radius 2 is 1.00 bits per heavy atom. The second-order valence-electron chi connectivity index (χ2n) is 8.05. The Kier molecular flexibility index (Phi) is 8.07. The summed E-state index contributed by atoms with van der Waals surface area (Å²) in [5.74, 6) is 1.66. The number of rotatable bonds is 7. The van der Waals surface area contributed by atoms with Crippen LogP contribution in [0.4, 0.5) is 0 Å². The Hall–Kier alpha value is -1.06. The normalized spacial score (nSPS) is 19.9. The number of carbonyl (C=O) groups excluding carboxylic acids is 2. The van der Waals surface area contributed by atoms with Crippen LogP contribution in [0.3, 0.4) is 0 Å². The van der Waals surface area contributed by atoms with Gasteiger partial charge in [0.1, 0.15) is 0 Å². The van der Waals surface area contributed by atoms with Gasteiger partial charge in [0.25, 0.3) is 0 Å². The molecule has 0 N–H and O–H groups in total. The highest BCUT2D eigenvalue weighted by Crippen LogP contribution is 2.27. The summed E-state index contributed by atoms with van der Waals surface area (Å²) in [6.45, 7) is 1.30. The third-order valence-electron chi connectivity index (χ3n) is 6.00. The van der Waals surface area contributed by atoms with Gasteiger partial charge < -0.3 is 9.80 Å².